The van der Waals surface area contributed by atoms with E-state index in [0.717, 1.165) is 42.7 Å². The van der Waals surface area contributed by atoms with E-state index in [1.165, 1.54) is 5.56 Å². The third-order valence-corrected chi connectivity index (χ3v) is 5.58. The molecule has 1 fully saturated rings. The lowest BCUT2D eigenvalue weighted by atomic mass is 9.80. The molecule has 5 heteroatoms. The zero-order chi connectivity index (χ0) is 20.3. The molecule has 29 heavy (non-hydrogen) atoms. The molecule has 0 spiro atoms. The van der Waals surface area contributed by atoms with Crippen molar-refractivity contribution < 1.29 is 19.1 Å². The molecule has 0 amide bonds. The summed E-state index contributed by atoms with van der Waals surface area (Å²) in [5.74, 6) is 1.29. The Labute approximate surface area is 170 Å². The lowest BCUT2D eigenvalue weighted by Crippen LogP contribution is -2.50. The molecule has 150 valence electrons. The number of carboxylic acids is 1. The van der Waals surface area contributed by atoms with Crippen molar-refractivity contribution in [2.45, 2.75) is 51.0 Å². The summed E-state index contributed by atoms with van der Waals surface area (Å²) in [5, 5.41) is 9.38. The SMILES string of the molecule is Cc1oc(-c2ccccc2)nc1CCCc1ccc(OC2(C(=O)O)CCC2)cc1. The van der Waals surface area contributed by atoms with Crippen LogP contribution in [0.5, 0.6) is 5.75 Å². The van der Waals surface area contributed by atoms with Gasteiger partial charge >= 0.3 is 5.97 Å². The Bertz CT molecular complexity index is 972. The second-order valence-electron chi connectivity index (χ2n) is 7.64. The molecule has 1 aromatic heterocycles. The molecule has 1 heterocycles. The number of nitrogens with zero attached hydrogens (tertiary/aromatic N) is 1. The Morgan fingerprint density at radius 1 is 1.10 bits per heavy atom. The van der Waals surface area contributed by atoms with Gasteiger partial charge in [-0.3, -0.25) is 0 Å². The fourth-order valence-electron chi connectivity index (χ4n) is 3.63. The van der Waals surface area contributed by atoms with Crippen molar-refractivity contribution in [1.82, 2.24) is 4.98 Å². The maximum Gasteiger partial charge on any atom is 0.348 e. The van der Waals surface area contributed by atoms with Crippen LogP contribution in [0.1, 0.15) is 42.7 Å². The van der Waals surface area contributed by atoms with Gasteiger partial charge in [0.2, 0.25) is 11.5 Å². The largest absolute Gasteiger partial charge is 0.478 e. The van der Waals surface area contributed by atoms with Gasteiger partial charge in [0.15, 0.2) is 0 Å². The van der Waals surface area contributed by atoms with Crippen LogP contribution in [0.2, 0.25) is 0 Å². The summed E-state index contributed by atoms with van der Waals surface area (Å²) in [4.78, 5) is 16.1. The van der Waals surface area contributed by atoms with Crippen molar-refractivity contribution in [2.75, 3.05) is 0 Å². The van der Waals surface area contributed by atoms with Gasteiger partial charge in [-0.1, -0.05) is 30.3 Å². The summed E-state index contributed by atoms with van der Waals surface area (Å²) in [5.41, 5.74) is 2.16. The average molecular weight is 391 g/mol. The Morgan fingerprint density at radius 2 is 1.83 bits per heavy atom. The Balaban J connectivity index is 1.32. The number of oxazole rings is 1. The number of hydrogen-bond acceptors (Lipinski definition) is 4. The second kappa shape index (κ2) is 8.11. The van der Waals surface area contributed by atoms with Crippen LogP contribution in [0.4, 0.5) is 0 Å². The van der Waals surface area contributed by atoms with Gasteiger partial charge in [-0.15, -0.1) is 0 Å². The number of ether oxygens (including phenoxy) is 1. The normalized spacial score (nSPS) is 14.9. The number of rotatable bonds is 8. The first-order valence-corrected chi connectivity index (χ1v) is 10.1. The first-order valence-electron chi connectivity index (χ1n) is 10.1. The van der Waals surface area contributed by atoms with E-state index in [1.54, 1.807) is 0 Å². The maximum atomic E-state index is 11.4. The molecular formula is C24H25NO4. The number of carbonyl (C=O) groups is 1. The summed E-state index contributed by atoms with van der Waals surface area (Å²) < 4.78 is 11.6. The minimum atomic E-state index is -1.03. The molecule has 0 unspecified atom stereocenters. The summed E-state index contributed by atoms with van der Waals surface area (Å²) in [6, 6.07) is 17.7. The third kappa shape index (κ3) is 4.19. The van der Waals surface area contributed by atoms with E-state index in [1.807, 2.05) is 61.5 Å². The molecule has 0 saturated heterocycles. The molecular weight excluding hydrogens is 366 g/mol. The molecule has 0 aliphatic heterocycles. The standard InChI is InChI=1S/C24H25NO4/c1-17-21(25-22(28-17)19-8-3-2-4-9-19)10-5-7-18-11-13-20(14-12-18)29-24(23(26)27)15-6-16-24/h2-4,8-9,11-14H,5-7,10,15-16H2,1H3,(H,26,27). The molecule has 0 radical (unpaired) electrons. The lowest BCUT2D eigenvalue weighted by Gasteiger charge is -2.37. The van der Waals surface area contributed by atoms with Gasteiger partial charge in [0.05, 0.1) is 5.69 Å². The summed E-state index contributed by atoms with van der Waals surface area (Å²) in [6.45, 7) is 1.96. The van der Waals surface area contributed by atoms with Crippen molar-refractivity contribution >= 4 is 5.97 Å². The molecule has 1 aliphatic carbocycles. The van der Waals surface area contributed by atoms with Gasteiger partial charge in [0, 0.05) is 5.56 Å². The second-order valence-corrected chi connectivity index (χ2v) is 7.64. The number of hydrogen-bond donors (Lipinski definition) is 1. The average Bonchev–Trinajstić information content (AvgIpc) is 3.07. The minimum absolute atomic E-state index is 0.576. The topological polar surface area (TPSA) is 72.6 Å². The fourth-order valence-corrected chi connectivity index (χ4v) is 3.63. The lowest BCUT2D eigenvalue weighted by molar-refractivity contribution is -0.163. The van der Waals surface area contributed by atoms with E-state index >= 15 is 0 Å². The van der Waals surface area contributed by atoms with E-state index in [2.05, 4.69) is 4.98 Å². The van der Waals surface area contributed by atoms with Gasteiger partial charge in [0.1, 0.15) is 11.5 Å². The van der Waals surface area contributed by atoms with E-state index < -0.39 is 11.6 Å². The molecule has 2 aromatic carbocycles. The predicted octanol–water partition coefficient (Wildman–Crippen LogP) is 5.21. The van der Waals surface area contributed by atoms with Crippen molar-refractivity contribution in [3.8, 4) is 17.2 Å². The molecule has 0 atom stereocenters. The van der Waals surface area contributed by atoms with Crippen LogP contribution >= 0.6 is 0 Å². The number of carboxylic acid groups (broad SMARTS) is 1. The molecule has 5 nitrogen and oxygen atoms in total. The molecule has 1 N–H and O–H groups in total. The van der Waals surface area contributed by atoms with Crippen LogP contribution in [0.15, 0.2) is 59.0 Å². The number of aromatic nitrogens is 1. The number of aliphatic carboxylic acids is 1. The summed E-state index contributed by atoms with van der Waals surface area (Å²) in [6.07, 6.45) is 4.77. The Morgan fingerprint density at radius 3 is 2.45 bits per heavy atom. The number of benzene rings is 2. The highest BCUT2D eigenvalue weighted by Gasteiger charge is 2.47. The molecule has 0 bridgehead atoms. The van der Waals surface area contributed by atoms with Crippen molar-refractivity contribution in [3.63, 3.8) is 0 Å². The van der Waals surface area contributed by atoms with Crippen LogP contribution in [0, 0.1) is 6.92 Å². The quantitative estimate of drug-likeness (QED) is 0.570. The van der Waals surface area contributed by atoms with E-state index in [4.69, 9.17) is 9.15 Å². The summed E-state index contributed by atoms with van der Waals surface area (Å²) in [7, 11) is 0. The summed E-state index contributed by atoms with van der Waals surface area (Å²) >= 11 is 0. The molecule has 3 aromatic rings. The van der Waals surface area contributed by atoms with Crippen LogP contribution in [0.25, 0.3) is 11.5 Å². The van der Waals surface area contributed by atoms with E-state index in [0.29, 0.717) is 24.5 Å². The monoisotopic (exact) mass is 391 g/mol. The Hall–Kier alpha value is -3.08. The zero-order valence-corrected chi connectivity index (χ0v) is 16.6. The fraction of sp³-hybridized carbons (Fsp3) is 0.333. The van der Waals surface area contributed by atoms with Gasteiger partial charge < -0.3 is 14.3 Å². The van der Waals surface area contributed by atoms with E-state index in [-0.39, 0.29) is 0 Å². The van der Waals surface area contributed by atoms with Crippen molar-refractivity contribution in [2.24, 2.45) is 0 Å². The Kier molecular flexibility index (Phi) is 5.38. The van der Waals surface area contributed by atoms with Crippen molar-refractivity contribution in [3.05, 3.63) is 71.6 Å². The van der Waals surface area contributed by atoms with Crippen molar-refractivity contribution in [1.29, 1.82) is 0 Å². The number of aryl methyl sites for hydroxylation is 3. The molecule has 4 rings (SSSR count). The first-order chi connectivity index (χ1) is 14.1. The van der Waals surface area contributed by atoms with Crippen LogP contribution in [-0.2, 0) is 17.6 Å². The highest BCUT2D eigenvalue weighted by Crippen LogP contribution is 2.37. The molecule has 1 aliphatic rings. The molecule has 1 saturated carbocycles. The van der Waals surface area contributed by atoms with Gasteiger partial charge in [0.25, 0.3) is 0 Å². The maximum absolute atomic E-state index is 11.4. The van der Waals surface area contributed by atoms with Crippen LogP contribution < -0.4 is 4.74 Å². The van der Waals surface area contributed by atoms with Gasteiger partial charge in [-0.2, -0.15) is 0 Å². The highest BCUT2D eigenvalue weighted by atomic mass is 16.5. The minimum Gasteiger partial charge on any atom is -0.478 e. The predicted molar refractivity (Wildman–Crippen MR) is 110 cm³/mol. The first kappa shape index (κ1) is 19.2. The van der Waals surface area contributed by atoms with Crippen LogP contribution in [-0.4, -0.2) is 21.7 Å². The van der Waals surface area contributed by atoms with Crippen LogP contribution in [0.3, 0.4) is 0 Å². The highest BCUT2D eigenvalue weighted by molar-refractivity contribution is 5.79. The van der Waals surface area contributed by atoms with E-state index in [9.17, 15) is 9.90 Å². The van der Waals surface area contributed by atoms with Gasteiger partial charge in [-0.25, -0.2) is 9.78 Å². The zero-order valence-electron chi connectivity index (χ0n) is 16.6. The third-order valence-electron chi connectivity index (χ3n) is 5.58. The smallest absolute Gasteiger partial charge is 0.348 e. The van der Waals surface area contributed by atoms with Gasteiger partial charge in [-0.05, 0) is 75.3 Å².